The first kappa shape index (κ1) is 16.8. The monoisotopic (exact) mass is 346 g/mol. The number of hydrogen-bond donors (Lipinski definition) is 0. The summed E-state index contributed by atoms with van der Waals surface area (Å²) in [6, 6.07) is 0. The molecule has 0 aromatic carbocycles. The fourth-order valence-electron chi connectivity index (χ4n) is 2.13. The third-order valence-corrected chi connectivity index (χ3v) is 3.54. The molecule has 1 saturated heterocycles. The summed E-state index contributed by atoms with van der Waals surface area (Å²) in [7, 11) is 0. The topological polar surface area (TPSA) is 72.7 Å². The number of amides is 1. The number of morpholine rings is 1. The molecule has 20 heavy (non-hydrogen) atoms. The van der Waals surface area contributed by atoms with Crippen LogP contribution < -0.4 is 0 Å². The lowest BCUT2D eigenvalue weighted by Gasteiger charge is -2.28. The molecule has 0 saturated carbocycles. The van der Waals surface area contributed by atoms with Crippen LogP contribution in [0, 0.1) is 10.1 Å². The van der Waals surface area contributed by atoms with Crippen LogP contribution in [0.2, 0.25) is 0 Å². The fourth-order valence-corrected chi connectivity index (χ4v) is 2.43. The average Bonchev–Trinajstić information content (AvgIpc) is 2.45. The maximum absolute atomic E-state index is 12.5. The summed E-state index contributed by atoms with van der Waals surface area (Å²) in [5.74, 6) is -0.129. The molecule has 0 bridgehead atoms. The van der Waals surface area contributed by atoms with Crippen molar-refractivity contribution in [2.45, 2.75) is 20.3 Å². The van der Waals surface area contributed by atoms with Crippen LogP contribution in [0.25, 0.3) is 0 Å². The SMILES string of the molecule is CC/C(C(=O)N1CCOCC1)=C(C)\C(=C/CBr)[N+](=O)[O-]. The number of rotatable bonds is 5. The molecule has 0 unspecified atom stereocenters. The van der Waals surface area contributed by atoms with Crippen molar-refractivity contribution in [1.82, 2.24) is 4.90 Å². The van der Waals surface area contributed by atoms with Crippen molar-refractivity contribution in [3.63, 3.8) is 0 Å². The third kappa shape index (κ3) is 4.14. The Bertz CT molecular complexity index is 440. The van der Waals surface area contributed by atoms with E-state index >= 15 is 0 Å². The molecular weight excluding hydrogens is 328 g/mol. The molecule has 1 heterocycles. The number of carbonyl (C=O) groups is 1. The molecule has 1 fully saturated rings. The van der Waals surface area contributed by atoms with Gasteiger partial charge in [-0.25, -0.2) is 0 Å². The number of allylic oxidation sites excluding steroid dienone is 2. The van der Waals surface area contributed by atoms with Crippen LogP contribution in [0.3, 0.4) is 0 Å². The Hall–Kier alpha value is -1.21. The van der Waals surface area contributed by atoms with Crippen molar-refractivity contribution in [1.29, 1.82) is 0 Å². The van der Waals surface area contributed by atoms with Crippen LogP contribution in [-0.4, -0.2) is 47.4 Å². The highest BCUT2D eigenvalue weighted by Crippen LogP contribution is 2.20. The van der Waals surface area contributed by atoms with Gasteiger partial charge in [0.1, 0.15) is 0 Å². The molecule has 1 aliphatic rings. The minimum Gasteiger partial charge on any atom is -0.378 e. The summed E-state index contributed by atoms with van der Waals surface area (Å²) < 4.78 is 5.21. The van der Waals surface area contributed by atoms with E-state index in [4.69, 9.17) is 4.74 Å². The van der Waals surface area contributed by atoms with Gasteiger partial charge < -0.3 is 9.64 Å². The number of nitrogens with zero attached hydrogens (tertiary/aromatic N) is 2. The second-order valence-corrected chi connectivity index (χ2v) is 5.01. The van der Waals surface area contributed by atoms with Crippen molar-refractivity contribution in [2.75, 3.05) is 31.6 Å². The summed E-state index contributed by atoms with van der Waals surface area (Å²) in [4.78, 5) is 24.8. The minimum atomic E-state index is -0.446. The van der Waals surface area contributed by atoms with E-state index in [2.05, 4.69) is 15.9 Å². The van der Waals surface area contributed by atoms with Crippen molar-refractivity contribution in [2.24, 2.45) is 0 Å². The normalized spacial score (nSPS) is 17.8. The van der Waals surface area contributed by atoms with Gasteiger partial charge in [-0.1, -0.05) is 22.9 Å². The van der Waals surface area contributed by atoms with E-state index < -0.39 is 4.92 Å². The molecule has 0 radical (unpaired) electrons. The molecule has 0 aliphatic carbocycles. The quantitative estimate of drug-likeness (QED) is 0.251. The van der Waals surface area contributed by atoms with Gasteiger partial charge in [-0.05, 0) is 13.3 Å². The predicted molar refractivity (Wildman–Crippen MR) is 79.3 cm³/mol. The number of nitro groups is 1. The molecule has 0 spiro atoms. The molecule has 1 amide bonds. The van der Waals surface area contributed by atoms with Gasteiger partial charge in [0.2, 0.25) is 5.91 Å². The summed E-state index contributed by atoms with van der Waals surface area (Å²) in [5, 5.41) is 11.5. The highest BCUT2D eigenvalue weighted by atomic mass is 79.9. The van der Waals surface area contributed by atoms with Gasteiger partial charge in [-0.2, -0.15) is 0 Å². The molecule has 6 nitrogen and oxygen atoms in total. The first-order valence-corrected chi connectivity index (χ1v) is 7.62. The Morgan fingerprint density at radius 1 is 1.45 bits per heavy atom. The van der Waals surface area contributed by atoms with Gasteiger partial charge in [0.25, 0.3) is 5.70 Å². The van der Waals surface area contributed by atoms with E-state index in [1.807, 2.05) is 6.92 Å². The lowest BCUT2D eigenvalue weighted by atomic mass is 10.0. The molecular formula is C13H19BrN2O4. The van der Waals surface area contributed by atoms with Crippen LogP contribution in [-0.2, 0) is 9.53 Å². The minimum absolute atomic E-state index is 0.0136. The van der Waals surface area contributed by atoms with Crippen LogP contribution in [0.5, 0.6) is 0 Å². The number of alkyl halides is 1. The summed E-state index contributed by atoms with van der Waals surface area (Å²) >= 11 is 3.16. The van der Waals surface area contributed by atoms with E-state index in [1.54, 1.807) is 11.8 Å². The van der Waals surface area contributed by atoms with E-state index in [9.17, 15) is 14.9 Å². The zero-order chi connectivity index (χ0) is 15.1. The van der Waals surface area contributed by atoms with Crippen molar-refractivity contribution >= 4 is 21.8 Å². The Morgan fingerprint density at radius 2 is 2.05 bits per heavy atom. The fraction of sp³-hybridized carbons (Fsp3) is 0.615. The molecule has 0 atom stereocenters. The Kier molecular flexibility index (Phi) is 6.87. The smallest absolute Gasteiger partial charge is 0.269 e. The zero-order valence-corrected chi connectivity index (χ0v) is 13.3. The van der Waals surface area contributed by atoms with Gasteiger partial charge in [0.15, 0.2) is 0 Å². The molecule has 1 rings (SSSR count). The molecule has 0 aromatic rings. The van der Waals surface area contributed by atoms with Crippen LogP contribution in [0.1, 0.15) is 20.3 Å². The first-order valence-electron chi connectivity index (χ1n) is 6.50. The second kappa shape index (κ2) is 8.16. The first-order chi connectivity index (χ1) is 9.52. The van der Waals surface area contributed by atoms with Crippen molar-refractivity contribution in [3.8, 4) is 0 Å². The largest absolute Gasteiger partial charge is 0.378 e. The van der Waals surface area contributed by atoms with E-state index in [1.165, 1.54) is 6.08 Å². The average molecular weight is 347 g/mol. The Morgan fingerprint density at radius 3 is 2.50 bits per heavy atom. The zero-order valence-electron chi connectivity index (χ0n) is 11.7. The van der Waals surface area contributed by atoms with Gasteiger partial charge in [0.05, 0.1) is 18.1 Å². The Balaban J connectivity index is 3.07. The third-order valence-electron chi connectivity index (χ3n) is 3.21. The number of ether oxygens (including phenoxy) is 1. The second-order valence-electron chi connectivity index (χ2n) is 4.36. The highest BCUT2D eigenvalue weighted by molar-refractivity contribution is 9.09. The lowest BCUT2D eigenvalue weighted by Crippen LogP contribution is -2.41. The van der Waals surface area contributed by atoms with Crippen LogP contribution >= 0.6 is 15.9 Å². The lowest BCUT2D eigenvalue weighted by molar-refractivity contribution is -0.421. The van der Waals surface area contributed by atoms with Gasteiger partial charge in [0, 0.05) is 35.6 Å². The Labute approximate surface area is 126 Å². The van der Waals surface area contributed by atoms with Gasteiger partial charge in [-0.15, -0.1) is 0 Å². The van der Waals surface area contributed by atoms with E-state index in [-0.39, 0.29) is 11.6 Å². The predicted octanol–water partition coefficient (Wildman–Crippen LogP) is 2.13. The molecule has 0 N–H and O–H groups in total. The molecule has 1 aliphatic heterocycles. The van der Waals surface area contributed by atoms with Crippen molar-refractivity contribution in [3.05, 3.63) is 33.0 Å². The highest BCUT2D eigenvalue weighted by Gasteiger charge is 2.25. The van der Waals surface area contributed by atoms with Crippen molar-refractivity contribution < 1.29 is 14.5 Å². The summed E-state index contributed by atoms with van der Waals surface area (Å²) in [6.07, 6.45) is 1.94. The standard InChI is InChI=1S/C13H19BrN2O4/c1-3-11(10(2)12(4-5-14)16(18)19)13(17)15-6-8-20-9-7-15/h4H,3,5-9H2,1-2H3/b11-10+,12-4+. The number of halogens is 1. The summed E-state index contributed by atoms with van der Waals surface area (Å²) in [6.45, 7) is 5.57. The van der Waals surface area contributed by atoms with E-state index in [0.29, 0.717) is 49.2 Å². The molecule has 0 aromatic heterocycles. The van der Waals surface area contributed by atoms with Gasteiger partial charge in [-0.3, -0.25) is 14.9 Å². The maximum atomic E-state index is 12.5. The maximum Gasteiger partial charge on any atom is 0.269 e. The van der Waals surface area contributed by atoms with Gasteiger partial charge >= 0.3 is 0 Å². The summed E-state index contributed by atoms with van der Waals surface area (Å²) in [5.41, 5.74) is 0.921. The number of hydrogen-bond acceptors (Lipinski definition) is 4. The van der Waals surface area contributed by atoms with Crippen LogP contribution in [0.4, 0.5) is 0 Å². The number of carbonyl (C=O) groups excluding carboxylic acids is 1. The van der Waals surface area contributed by atoms with E-state index in [0.717, 1.165) is 0 Å². The molecule has 112 valence electrons. The molecule has 7 heteroatoms. The van der Waals surface area contributed by atoms with Crippen LogP contribution in [0.15, 0.2) is 22.9 Å².